The first-order valence-electron chi connectivity index (χ1n) is 8.12. The molecule has 1 saturated carbocycles. The van der Waals surface area contributed by atoms with Gasteiger partial charge in [-0.2, -0.15) is 0 Å². The lowest BCUT2D eigenvalue weighted by atomic mass is 10.0. The summed E-state index contributed by atoms with van der Waals surface area (Å²) in [5.74, 6) is 0.381. The van der Waals surface area contributed by atoms with Gasteiger partial charge in [0, 0.05) is 18.0 Å². The van der Waals surface area contributed by atoms with Gasteiger partial charge in [-0.05, 0) is 44.8 Å². The second-order valence-corrected chi connectivity index (χ2v) is 6.38. The second kappa shape index (κ2) is 6.53. The maximum absolute atomic E-state index is 11.7. The molecule has 1 amide bonds. The molecule has 1 heterocycles. The zero-order chi connectivity index (χ0) is 15.5. The molecule has 1 aromatic carbocycles. The minimum Gasteiger partial charge on any atom is -0.465 e. The number of nitrogens with one attached hydrogen (secondary N) is 1. The molecule has 2 fully saturated rings. The van der Waals surface area contributed by atoms with E-state index in [-0.39, 0.29) is 12.1 Å². The van der Waals surface area contributed by atoms with Crippen molar-refractivity contribution in [3.8, 4) is 0 Å². The SMILES string of the molecule is CC(=Cc1ccccc1)C1C[C@@H]1N(C(=O)O)C1CCNCC1. The Morgan fingerprint density at radius 1 is 1.27 bits per heavy atom. The van der Waals surface area contributed by atoms with Crippen LogP contribution in [0.15, 0.2) is 35.9 Å². The lowest BCUT2D eigenvalue weighted by Gasteiger charge is -2.33. The molecule has 1 aliphatic carbocycles. The van der Waals surface area contributed by atoms with Crippen molar-refractivity contribution in [2.24, 2.45) is 5.92 Å². The van der Waals surface area contributed by atoms with Gasteiger partial charge in [-0.15, -0.1) is 0 Å². The normalized spacial score (nSPS) is 25.8. The average Bonchev–Trinajstić information content (AvgIpc) is 3.29. The van der Waals surface area contributed by atoms with Gasteiger partial charge in [0.1, 0.15) is 0 Å². The fourth-order valence-electron chi connectivity index (χ4n) is 3.55. The summed E-state index contributed by atoms with van der Waals surface area (Å²) in [6.07, 6.45) is 4.25. The number of carboxylic acid groups (broad SMARTS) is 1. The predicted octanol–water partition coefficient (Wildman–Crippen LogP) is 3.21. The van der Waals surface area contributed by atoms with E-state index in [1.165, 1.54) is 11.1 Å². The Morgan fingerprint density at radius 3 is 2.59 bits per heavy atom. The Kier molecular flexibility index (Phi) is 4.48. The predicted molar refractivity (Wildman–Crippen MR) is 87.7 cm³/mol. The molecule has 4 heteroatoms. The van der Waals surface area contributed by atoms with Gasteiger partial charge in [0.15, 0.2) is 0 Å². The van der Waals surface area contributed by atoms with Gasteiger partial charge in [-0.25, -0.2) is 4.79 Å². The van der Waals surface area contributed by atoms with Crippen LogP contribution >= 0.6 is 0 Å². The molecule has 2 aliphatic rings. The summed E-state index contributed by atoms with van der Waals surface area (Å²) >= 11 is 0. The van der Waals surface area contributed by atoms with Crippen molar-refractivity contribution in [3.63, 3.8) is 0 Å². The molecule has 0 radical (unpaired) electrons. The molecular weight excluding hydrogens is 276 g/mol. The topological polar surface area (TPSA) is 52.6 Å². The third kappa shape index (κ3) is 3.33. The van der Waals surface area contributed by atoms with Crippen LogP contribution in [0.4, 0.5) is 4.79 Å². The van der Waals surface area contributed by atoms with E-state index in [0.717, 1.165) is 32.4 Å². The number of benzene rings is 1. The lowest BCUT2D eigenvalue weighted by molar-refractivity contribution is 0.107. The van der Waals surface area contributed by atoms with Gasteiger partial charge in [-0.3, -0.25) is 0 Å². The molecule has 1 saturated heterocycles. The second-order valence-electron chi connectivity index (χ2n) is 6.38. The molecule has 0 bridgehead atoms. The summed E-state index contributed by atoms with van der Waals surface area (Å²) in [7, 11) is 0. The molecule has 1 unspecified atom stereocenters. The number of hydrogen-bond donors (Lipinski definition) is 2. The lowest BCUT2D eigenvalue weighted by Crippen LogP contribution is -2.47. The highest BCUT2D eigenvalue weighted by Crippen LogP contribution is 2.43. The zero-order valence-electron chi connectivity index (χ0n) is 13.0. The van der Waals surface area contributed by atoms with Crippen LogP contribution in [-0.2, 0) is 0 Å². The van der Waals surface area contributed by atoms with Gasteiger partial charge < -0.3 is 15.3 Å². The monoisotopic (exact) mass is 300 g/mol. The third-order valence-corrected chi connectivity index (χ3v) is 4.82. The van der Waals surface area contributed by atoms with E-state index in [2.05, 4.69) is 30.4 Å². The molecular formula is C18H24N2O2. The van der Waals surface area contributed by atoms with Crippen molar-refractivity contribution >= 4 is 12.2 Å². The molecule has 1 aromatic rings. The smallest absolute Gasteiger partial charge is 0.407 e. The molecule has 3 rings (SSSR count). The molecule has 1 aliphatic heterocycles. The fourth-order valence-corrected chi connectivity index (χ4v) is 3.55. The van der Waals surface area contributed by atoms with Crippen LogP contribution in [0.3, 0.4) is 0 Å². The van der Waals surface area contributed by atoms with Crippen molar-refractivity contribution in [2.45, 2.75) is 38.3 Å². The Bertz CT molecular complexity index is 549. The van der Waals surface area contributed by atoms with E-state index in [1.54, 1.807) is 4.90 Å². The highest BCUT2D eigenvalue weighted by atomic mass is 16.4. The molecule has 0 aromatic heterocycles. The highest BCUT2D eigenvalue weighted by Gasteiger charge is 2.47. The van der Waals surface area contributed by atoms with Gasteiger partial charge in [-0.1, -0.05) is 42.0 Å². The summed E-state index contributed by atoms with van der Waals surface area (Å²) in [5.41, 5.74) is 2.48. The first-order valence-corrected chi connectivity index (χ1v) is 8.12. The highest BCUT2D eigenvalue weighted by molar-refractivity contribution is 5.67. The third-order valence-electron chi connectivity index (χ3n) is 4.82. The van der Waals surface area contributed by atoms with Crippen LogP contribution in [-0.4, -0.2) is 41.3 Å². The summed E-state index contributed by atoms with van der Waals surface area (Å²) in [6, 6.07) is 10.6. The molecule has 118 valence electrons. The maximum Gasteiger partial charge on any atom is 0.407 e. The maximum atomic E-state index is 11.7. The van der Waals surface area contributed by atoms with Crippen LogP contribution in [0.5, 0.6) is 0 Å². The van der Waals surface area contributed by atoms with Gasteiger partial charge >= 0.3 is 6.09 Å². The van der Waals surface area contributed by atoms with Crippen LogP contribution in [0, 0.1) is 5.92 Å². The summed E-state index contributed by atoms with van der Waals surface area (Å²) in [5, 5.41) is 12.9. The van der Waals surface area contributed by atoms with Crippen molar-refractivity contribution in [1.82, 2.24) is 10.2 Å². The molecule has 2 N–H and O–H groups in total. The van der Waals surface area contributed by atoms with Crippen molar-refractivity contribution in [3.05, 3.63) is 41.5 Å². The Hall–Kier alpha value is -1.81. The summed E-state index contributed by atoms with van der Waals surface area (Å²) in [4.78, 5) is 13.4. The first-order chi connectivity index (χ1) is 10.7. The first kappa shape index (κ1) is 15.1. The van der Waals surface area contributed by atoms with Gasteiger partial charge in [0.2, 0.25) is 0 Å². The van der Waals surface area contributed by atoms with Crippen LogP contribution in [0.25, 0.3) is 6.08 Å². The standard InChI is InChI=1S/C18H24N2O2/c1-13(11-14-5-3-2-4-6-14)16-12-17(16)20(18(21)22)15-7-9-19-10-8-15/h2-6,11,15-17,19H,7-10,12H2,1H3,(H,21,22)/t16?,17-/m0/s1. The molecule has 4 nitrogen and oxygen atoms in total. The Morgan fingerprint density at radius 2 is 1.95 bits per heavy atom. The van der Waals surface area contributed by atoms with E-state index < -0.39 is 6.09 Å². The van der Waals surface area contributed by atoms with Crippen molar-refractivity contribution in [1.29, 1.82) is 0 Å². The molecule has 22 heavy (non-hydrogen) atoms. The van der Waals surface area contributed by atoms with E-state index in [9.17, 15) is 9.90 Å². The Balaban J connectivity index is 1.68. The number of hydrogen-bond acceptors (Lipinski definition) is 2. The van der Waals surface area contributed by atoms with Crippen LogP contribution in [0.1, 0.15) is 31.7 Å². The number of amides is 1. The average molecular weight is 300 g/mol. The molecule has 0 spiro atoms. The van der Waals surface area contributed by atoms with E-state index >= 15 is 0 Å². The largest absolute Gasteiger partial charge is 0.465 e. The summed E-state index contributed by atoms with van der Waals surface area (Å²) < 4.78 is 0. The Labute approximate surface area is 131 Å². The van der Waals surface area contributed by atoms with Crippen LogP contribution in [0.2, 0.25) is 0 Å². The minimum atomic E-state index is -0.757. The van der Waals surface area contributed by atoms with E-state index in [4.69, 9.17) is 0 Å². The van der Waals surface area contributed by atoms with E-state index in [1.807, 2.05) is 18.2 Å². The van der Waals surface area contributed by atoms with Crippen molar-refractivity contribution < 1.29 is 9.90 Å². The quantitative estimate of drug-likeness (QED) is 0.897. The van der Waals surface area contributed by atoms with Gasteiger partial charge in [0.05, 0.1) is 0 Å². The van der Waals surface area contributed by atoms with Gasteiger partial charge in [0.25, 0.3) is 0 Å². The van der Waals surface area contributed by atoms with Crippen molar-refractivity contribution in [2.75, 3.05) is 13.1 Å². The minimum absolute atomic E-state index is 0.167. The number of carbonyl (C=O) groups is 1. The molecule has 2 atom stereocenters. The number of nitrogens with zero attached hydrogens (tertiary/aromatic N) is 1. The number of piperidine rings is 1. The number of rotatable bonds is 4. The van der Waals surface area contributed by atoms with Crippen LogP contribution < -0.4 is 5.32 Å². The zero-order valence-corrected chi connectivity index (χ0v) is 13.0. The fraction of sp³-hybridized carbons (Fsp3) is 0.500. The van der Waals surface area contributed by atoms with E-state index in [0.29, 0.717) is 5.92 Å². The summed E-state index contributed by atoms with van der Waals surface area (Å²) in [6.45, 7) is 3.97.